The molecule has 0 saturated heterocycles. The Labute approximate surface area is 122 Å². The van der Waals surface area contributed by atoms with E-state index in [4.69, 9.17) is 18.0 Å². The molecule has 0 aliphatic heterocycles. The van der Waals surface area contributed by atoms with Gasteiger partial charge in [-0.2, -0.15) is 0 Å². The van der Waals surface area contributed by atoms with Crippen LogP contribution in [0.5, 0.6) is 0 Å². The van der Waals surface area contributed by atoms with Gasteiger partial charge in [-0.15, -0.1) is 0 Å². The smallest absolute Gasteiger partial charge is 0.261 e. The van der Waals surface area contributed by atoms with Crippen LogP contribution in [0, 0.1) is 0 Å². The Balaban J connectivity index is 2.19. The quantitative estimate of drug-likeness (QED) is 0.821. The molecule has 0 amide bonds. The van der Waals surface area contributed by atoms with Crippen LogP contribution in [0.3, 0.4) is 0 Å². The normalized spacial score (nSPS) is 11.0. The average Bonchev–Trinajstić information content (AvgIpc) is 2.39. The van der Waals surface area contributed by atoms with E-state index in [1.54, 1.807) is 24.3 Å². The highest BCUT2D eigenvalue weighted by molar-refractivity contribution is 7.92. The Morgan fingerprint density at radius 1 is 1.15 bits per heavy atom. The predicted molar refractivity (Wildman–Crippen MR) is 82.0 cm³/mol. The van der Waals surface area contributed by atoms with Gasteiger partial charge in [0, 0.05) is 18.8 Å². The first-order valence-electron chi connectivity index (χ1n) is 5.77. The van der Waals surface area contributed by atoms with E-state index in [2.05, 4.69) is 9.71 Å². The first-order chi connectivity index (χ1) is 9.47. The second-order valence-electron chi connectivity index (χ2n) is 4.13. The largest absolute Gasteiger partial charge is 0.393 e. The zero-order valence-electron chi connectivity index (χ0n) is 10.5. The lowest BCUT2D eigenvalue weighted by molar-refractivity contribution is 0.601. The molecule has 1 aromatic carbocycles. The fourth-order valence-electron chi connectivity index (χ4n) is 1.62. The molecule has 7 heteroatoms. The van der Waals surface area contributed by atoms with E-state index >= 15 is 0 Å². The van der Waals surface area contributed by atoms with Crippen LogP contribution in [0.4, 0.5) is 5.69 Å². The van der Waals surface area contributed by atoms with Gasteiger partial charge in [0.15, 0.2) is 0 Å². The lowest BCUT2D eigenvalue weighted by Crippen LogP contribution is -2.14. The van der Waals surface area contributed by atoms with E-state index in [1.807, 2.05) is 0 Å². The molecule has 0 aliphatic carbocycles. The van der Waals surface area contributed by atoms with Crippen LogP contribution in [0.1, 0.15) is 5.56 Å². The third-order valence-corrected chi connectivity index (χ3v) is 4.09. The Bertz CT molecular complexity index is 698. The highest BCUT2D eigenvalue weighted by Gasteiger charge is 2.13. The van der Waals surface area contributed by atoms with Crippen molar-refractivity contribution in [2.24, 2.45) is 5.73 Å². The number of benzene rings is 1. The predicted octanol–water partition coefficient (Wildman–Crippen LogP) is 1.71. The summed E-state index contributed by atoms with van der Waals surface area (Å²) in [4.78, 5) is 4.38. The highest BCUT2D eigenvalue weighted by Crippen LogP contribution is 2.16. The molecule has 1 aromatic heterocycles. The molecule has 1 heterocycles. The van der Waals surface area contributed by atoms with E-state index in [9.17, 15) is 8.42 Å². The van der Waals surface area contributed by atoms with E-state index < -0.39 is 10.0 Å². The van der Waals surface area contributed by atoms with Crippen LogP contribution in [-0.4, -0.2) is 18.4 Å². The van der Waals surface area contributed by atoms with Gasteiger partial charge in [-0.05, 0) is 29.8 Å². The summed E-state index contributed by atoms with van der Waals surface area (Å²) in [5, 5.41) is 0. The van der Waals surface area contributed by atoms with Crippen molar-refractivity contribution in [2.45, 2.75) is 11.3 Å². The average molecular weight is 307 g/mol. The number of aromatic nitrogens is 1. The number of thiocarbonyl (C=S) groups is 1. The summed E-state index contributed by atoms with van der Waals surface area (Å²) in [6.07, 6.45) is 3.49. The molecule has 2 aromatic rings. The zero-order chi connectivity index (χ0) is 14.6. The Hall–Kier alpha value is -1.99. The molecule has 0 unspecified atom stereocenters. The van der Waals surface area contributed by atoms with Gasteiger partial charge in [0.05, 0.1) is 15.6 Å². The summed E-state index contributed by atoms with van der Waals surface area (Å²) in [5.41, 5.74) is 6.79. The molecule has 0 bridgehead atoms. The number of pyridine rings is 1. The van der Waals surface area contributed by atoms with E-state index in [0.717, 1.165) is 5.56 Å². The maximum Gasteiger partial charge on any atom is 0.261 e. The maximum atomic E-state index is 12.2. The summed E-state index contributed by atoms with van der Waals surface area (Å²) in [6, 6.07) is 9.60. The van der Waals surface area contributed by atoms with E-state index in [1.165, 1.54) is 24.5 Å². The van der Waals surface area contributed by atoms with Gasteiger partial charge < -0.3 is 5.73 Å². The molecule has 0 aliphatic rings. The van der Waals surface area contributed by atoms with Crippen molar-refractivity contribution in [3.63, 3.8) is 0 Å². The van der Waals surface area contributed by atoms with Gasteiger partial charge in [0.2, 0.25) is 0 Å². The van der Waals surface area contributed by atoms with Gasteiger partial charge in [-0.25, -0.2) is 8.42 Å². The molecule has 3 N–H and O–H groups in total. The summed E-state index contributed by atoms with van der Waals surface area (Å²) in [5.74, 6) is 0. The number of sulfonamides is 1. The topological polar surface area (TPSA) is 85.1 Å². The monoisotopic (exact) mass is 307 g/mol. The van der Waals surface area contributed by atoms with Crippen LogP contribution in [0.25, 0.3) is 0 Å². The molecule has 0 saturated carbocycles. The van der Waals surface area contributed by atoms with Crippen LogP contribution in [-0.2, 0) is 16.4 Å². The third kappa shape index (κ3) is 3.75. The molecular formula is C13H13N3O2S2. The number of nitrogens with two attached hydrogens (primary N) is 1. The SMILES string of the molecule is NC(=S)Cc1ccc(S(=O)(=O)Nc2ccncc2)cc1. The minimum atomic E-state index is -3.60. The number of hydrogen-bond acceptors (Lipinski definition) is 4. The van der Waals surface area contributed by atoms with Crippen molar-refractivity contribution in [3.05, 3.63) is 54.4 Å². The Morgan fingerprint density at radius 2 is 1.75 bits per heavy atom. The van der Waals surface area contributed by atoms with E-state index in [0.29, 0.717) is 17.1 Å². The van der Waals surface area contributed by atoms with Crippen LogP contribution in [0.2, 0.25) is 0 Å². The molecule has 0 fully saturated rings. The summed E-state index contributed by atoms with van der Waals surface area (Å²) in [7, 11) is -3.60. The van der Waals surface area contributed by atoms with Crippen molar-refractivity contribution < 1.29 is 8.42 Å². The number of nitrogens with one attached hydrogen (secondary N) is 1. The van der Waals surface area contributed by atoms with Crippen molar-refractivity contribution in [2.75, 3.05) is 4.72 Å². The second kappa shape index (κ2) is 5.98. The van der Waals surface area contributed by atoms with Gasteiger partial charge in [-0.1, -0.05) is 24.4 Å². The summed E-state index contributed by atoms with van der Waals surface area (Å²) in [6.45, 7) is 0. The molecule has 104 valence electrons. The van der Waals surface area contributed by atoms with Gasteiger partial charge in [0.25, 0.3) is 10.0 Å². The molecule has 5 nitrogen and oxygen atoms in total. The van der Waals surface area contributed by atoms with Crippen molar-refractivity contribution in [3.8, 4) is 0 Å². The lowest BCUT2D eigenvalue weighted by atomic mass is 10.1. The molecule has 20 heavy (non-hydrogen) atoms. The van der Waals surface area contributed by atoms with Gasteiger partial charge >= 0.3 is 0 Å². The first kappa shape index (κ1) is 14.4. The summed E-state index contributed by atoms with van der Waals surface area (Å²) >= 11 is 4.81. The van der Waals surface area contributed by atoms with Gasteiger partial charge in [0.1, 0.15) is 0 Å². The highest BCUT2D eigenvalue weighted by atomic mass is 32.2. The number of anilines is 1. The molecule has 0 radical (unpaired) electrons. The van der Waals surface area contributed by atoms with Gasteiger partial charge in [-0.3, -0.25) is 9.71 Å². The Morgan fingerprint density at radius 3 is 2.30 bits per heavy atom. The van der Waals surface area contributed by atoms with Crippen LogP contribution >= 0.6 is 12.2 Å². The minimum absolute atomic E-state index is 0.181. The molecule has 2 rings (SSSR count). The van der Waals surface area contributed by atoms with E-state index in [-0.39, 0.29) is 4.90 Å². The zero-order valence-corrected chi connectivity index (χ0v) is 12.1. The van der Waals surface area contributed by atoms with Crippen molar-refractivity contribution in [1.29, 1.82) is 0 Å². The summed E-state index contributed by atoms with van der Waals surface area (Å²) < 4.78 is 26.8. The maximum absolute atomic E-state index is 12.2. The minimum Gasteiger partial charge on any atom is -0.393 e. The Kier molecular flexibility index (Phi) is 4.31. The molecular weight excluding hydrogens is 294 g/mol. The molecule has 0 spiro atoms. The lowest BCUT2D eigenvalue weighted by Gasteiger charge is -2.08. The number of nitrogens with zero attached hydrogens (tertiary/aromatic N) is 1. The van der Waals surface area contributed by atoms with Crippen molar-refractivity contribution >= 4 is 32.9 Å². The second-order valence-corrected chi connectivity index (χ2v) is 6.34. The first-order valence-corrected chi connectivity index (χ1v) is 7.66. The fraction of sp³-hybridized carbons (Fsp3) is 0.0769. The molecule has 0 atom stereocenters. The number of rotatable bonds is 5. The van der Waals surface area contributed by atoms with Crippen LogP contribution < -0.4 is 10.5 Å². The number of hydrogen-bond donors (Lipinski definition) is 2. The standard InChI is InChI=1S/C13H13N3O2S2/c14-13(19)9-10-1-3-12(4-2-10)20(17,18)16-11-5-7-15-8-6-11/h1-8H,9H2,(H2,14,19)(H,15,16). The fourth-order valence-corrected chi connectivity index (χ4v) is 2.85. The van der Waals surface area contributed by atoms with Crippen LogP contribution in [0.15, 0.2) is 53.7 Å². The van der Waals surface area contributed by atoms with Crippen molar-refractivity contribution in [1.82, 2.24) is 4.98 Å². The third-order valence-electron chi connectivity index (χ3n) is 2.54.